The summed E-state index contributed by atoms with van der Waals surface area (Å²) in [6.07, 6.45) is 8.07. The van der Waals surface area contributed by atoms with Crippen molar-refractivity contribution in [3.63, 3.8) is 0 Å². The zero-order valence-corrected chi connectivity index (χ0v) is 20.0. The Morgan fingerprint density at radius 2 is 1.83 bits per heavy atom. The zero-order valence-electron chi connectivity index (χ0n) is 20.0. The van der Waals surface area contributed by atoms with Gasteiger partial charge >= 0.3 is 0 Å². The molecule has 2 aromatic carbocycles. The number of hydrogen-bond donors (Lipinski definition) is 2. The first kappa shape index (κ1) is 24.4. The lowest BCUT2D eigenvalue weighted by atomic mass is 9.97. The maximum Gasteiger partial charge on any atom is 0.244 e. The van der Waals surface area contributed by atoms with E-state index in [-0.39, 0.29) is 17.7 Å². The molecule has 0 bridgehead atoms. The molecule has 1 fully saturated rings. The molecule has 1 atom stereocenters. The highest BCUT2D eigenvalue weighted by atomic mass is 16.1. The maximum absolute atomic E-state index is 12.5. The Kier molecular flexibility index (Phi) is 8.46. The molecule has 7 nitrogen and oxygen atoms in total. The van der Waals surface area contributed by atoms with Gasteiger partial charge in [-0.15, -0.1) is 0 Å². The Morgan fingerprint density at radius 1 is 1.09 bits per heavy atom. The van der Waals surface area contributed by atoms with Crippen molar-refractivity contribution in [3.8, 4) is 11.3 Å². The van der Waals surface area contributed by atoms with E-state index in [0.717, 1.165) is 55.7 Å². The summed E-state index contributed by atoms with van der Waals surface area (Å²) in [5, 5.41) is 7.76. The van der Waals surface area contributed by atoms with Crippen LogP contribution < -0.4 is 11.1 Å². The molecule has 0 spiro atoms. The smallest absolute Gasteiger partial charge is 0.244 e. The molecular weight excluding hydrogens is 438 g/mol. The van der Waals surface area contributed by atoms with Crippen LogP contribution in [0, 0.1) is 5.92 Å². The summed E-state index contributed by atoms with van der Waals surface area (Å²) in [7, 11) is 0. The zero-order chi connectivity index (χ0) is 24.5. The number of aromatic nitrogens is 2. The molecule has 1 aliphatic heterocycles. The lowest BCUT2D eigenvalue weighted by molar-refractivity contribution is -0.123. The SMILES string of the molecule is NC(=O)C1CCCN(CCCNC(=O)/C=C/c2cn(Cc3ccccc3)nc2-c2ccccc2)C1. The Labute approximate surface area is 206 Å². The van der Waals surface area contributed by atoms with E-state index in [0.29, 0.717) is 13.1 Å². The van der Waals surface area contributed by atoms with Crippen molar-refractivity contribution in [2.75, 3.05) is 26.2 Å². The Morgan fingerprint density at radius 3 is 2.57 bits per heavy atom. The number of piperidine rings is 1. The van der Waals surface area contributed by atoms with E-state index in [1.165, 1.54) is 5.56 Å². The molecule has 0 saturated carbocycles. The first-order valence-electron chi connectivity index (χ1n) is 12.2. The van der Waals surface area contributed by atoms with Gasteiger partial charge < -0.3 is 16.0 Å². The Hall–Kier alpha value is -3.71. The average molecular weight is 472 g/mol. The van der Waals surface area contributed by atoms with E-state index in [9.17, 15) is 9.59 Å². The van der Waals surface area contributed by atoms with Crippen molar-refractivity contribution in [3.05, 3.63) is 84.1 Å². The number of nitrogens with zero attached hydrogens (tertiary/aromatic N) is 3. The van der Waals surface area contributed by atoms with E-state index in [4.69, 9.17) is 10.8 Å². The number of likely N-dealkylation sites (tertiary alicyclic amines) is 1. The number of hydrogen-bond acceptors (Lipinski definition) is 4. The van der Waals surface area contributed by atoms with Gasteiger partial charge in [-0.05, 0) is 44.0 Å². The van der Waals surface area contributed by atoms with Crippen LogP contribution in [-0.4, -0.2) is 52.7 Å². The lowest BCUT2D eigenvalue weighted by Gasteiger charge is -2.31. The molecular formula is C28H33N5O2. The fourth-order valence-electron chi connectivity index (χ4n) is 4.46. The second-order valence-corrected chi connectivity index (χ2v) is 9.00. The van der Waals surface area contributed by atoms with Crippen LogP contribution in [0.4, 0.5) is 0 Å². The predicted octanol–water partition coefficient (Wildman–Crippen LogP) is 3.32. The average Bonchev–Trinajstić information content (AvgIpc) is 3.29. The van der Waals surface area contributed by atoms with Crippen LogP contribution in [0.1, 0.15) is 30.4 Å². The highest BCUT2D eigenvalue weighted by Gasteiger charge is 2.23. The van der Waals surface area contributed by atoms with E-state index >= 15 is 0 Å². The molecule has 4 rings (SSSR count). The minimum atomic E-state index is -0.213. The molecule has 35 heavy (non-hydrogen) atoms. The topological polar surface area (TPSA) is 93.3 Å². The third-order valence-electron chi connectivity index (χ3n) is 6.30. The molecule has 1 saturated heterocycles. The molecule has 1 unspecified atom stereocenters. The predicted molar refractivity (Wildman–Crippen MR) is 138 cm³/mol. The van der Waals surface area contributed by atoms with Crippen molar-refractivity contribution in [1.82, 2.24) is 20.0 Å². The number of carbonyl (C=O) groups excluding carboxylic acids is 2. The summed E-state index contributed by atoms with van der Waals surface area (Å²) < 4.78 is 1.91. The molecule has 0 aliphatic carbocycles. The van der Waals surface area contributed by atoms with Gasteiger partial charge in [-0.3, -0.25) is 14.3 Å². The summed E-state index contributed by atoms with van der Waals surface area (Å²) in [6, 6.07) is 20.2. The fraction of sp³-hybridized carbons (Fsp3) is 0.321. The molecule has 1 aliphatic rings. The highest BCUT2D eigenvalue weighted by molar-refractivity contribution is 5.92. The largest absolute Gasteiger partial charge is 0.369 e. The van der Waals surface area contributed by atoms with Gasteiger partial charge in [0.25, 0.3) is 0 Å². The molecule has 7 heteroatoms. The minimum Gasteiger partial charge on any atom is -0.369 e. The van der Waals surface area contributed by atoms with E-state index in [1.54, 1.807) is 6.08 Å². The fourth-order valence-corrected chi connectivity index (χ4v) is 4.46. The first-order chi connectivity index (χ1) is 17.1. The summed E-state index contributed by atoms with van der Waals surface area (Å²) in [6.45, 7) is 3.79. The number of nitrogens with two attached hydrogens (primary N) is 1. The van der Waals surface area contributed by atoms with Crippen molar-refractivity contribution in [2.45, 2.75) is 25.8 Å². The van der Waals surface area contributed by atoms with Crippen LogP contribution in [0.15, 0.2) is 72.9 Å². The molecule has 182 valence electrons. The van der Waals surface area contributed by atoms with Crippen molar-refractivity contribution >= 4 is 17.9 Å². The van der Waals surface area contributed by atoms with Crippen LogP contribution in [0.5, 0.6) is 0 Å². The van der Waals surface area contributed by atoms with Crippen LogP contribution >= 0.6 is 0 Å². The minimum absolute atomic E-state index is 0.0529. The third kappa shape index (κ3) is 7.13. The summed E-state index contributed by atoms with van der Waals surface area (Å²) in [5.74, 6) is -0.397. The Bertz CT molecular complexity index is 1140. The second-order valence-electron chi connectivity index (χ2n) is 9.00. The Balaban J connectivity index is 1.34. The molecule has 0 radical (unpaired) electrons. The van der Waals surface area contributed by atoms with Gasteiger partial charge in [0.1, 0.15) is 0 Å². The number of amides is 2. The second kappa shape index (κ2) is 12.1. The van der Waals surface area contributed by atoms with Gasteiger partial charge in [-0.25, -0.2) is 0 Å². The molecule has 2 amide bonds. The quantitative estimate of drug-likeness (QED) is 0.350. The van der Waals surface area contributed by atoms with E-state index < -0.39 is 0 Å². The van der Waals surface area contributed by atoms with Gasteiger partial charge in [0, 0.05) is 36.5 Å². The van der Waals surface area contributed by atoms with E-state index in [1.807, 2.05) is 65.5 Å². The lowest BCUT2D eigenvalue weighted by Crippen LogP contribution is -2.42. The third-order valence-corrected chi connectivity index (χ3v) is 6.30. The van der Waals surface area contributed by atoms with Crippen molar-refractivity contribution in [1.29, 1.82) is 0 Å². The number of rotatable bonds is 10. The van der Waals surface area contributed by atoms with Crippen LogP contribution in [0.2, 0.25) is 0 Å². The number of carbonyl (C=O) groups is 2. The van der Waals surface area contributed by atoms with Gasteiger partial charge in [-0.2, -0.15) is 5.10 Å². The van der Waals surface area contributed by atoms with Crippen molar-refractivity contribution < 1.29 is 9.59 Å². The van der Waals surface area contributed by atoms with E-state index in [2.05, 4.69) is 22.3 Å². The summed E-state index contributed by atoms with van der Waals surface area (Å²) in [4.78, 5) is 26.2. The maximum atomic E-state index is 12.5. The first-order valence-corrected chi connectivity index (χ1v) is 12.2. The van der Waals surface area contributed by atoms with Gasteiger partial charge in [0.2, 0.25) is 11.8 Å². The highest BCUT2D eigenvalue weighted by Crippen LogP contribution is 2.23. The number of benzene rings is 2. The van der Waals surface area contributed by atoms with Crippen LogP contribution in [-0.2, 0) is 16.1 Å². The molecule has 1 aromatic heterocycles. The number of primary amides is 1. The standard InChI is InChI=1S/C28H33N5O2/c29-28(35)25-13-7-17-32(20-25)18-8-16-30-26(34)15-14-24-21-33(19-22-9-3-1-4-10-22)31-27(24)23-11-5-2-6-12-23/h1-6,9-12,14-15,21,25H,7-8,13,16-20H2,(H2,29,35)(H,30,34)/b15-14+. The van der Waals surface area contributed by atoms with Crippen molar-refractivity contribution in [2.24, 2.45) is 11.7 Å². The van der Waals surface area contributed by atoms with Crippen LogP contribution in [0.25, 0.3) is 17.3 Å². The van der Waals surface area contributed by atoms with Gasteiger partial charge in [0.05, 0.1) is 18.2 Å². The normalized spacial score (nSPS) is 16.4. The van der Waals surface area contributed by atoms with Crippen LogP contribution in [0.3, 0.4) is 0 Å². The number of nitrogens with one attached hydrogen (secondary N) is 1. The molecule has 3 aromatic rings. The molecule has 3 N–H and O–H groups in total. The van der Waals surface area contributed by atoms with Gasteiger partial charge in [0.15, 0.2) is 0 Å². The van der Waals surface area contributed by atoms with Gasteiger partial charge in [-0.1, -0.05) is 60.7 Å². The summed E-state index contributed by atoms with van der Waals surface area (Å²) >= 11 is 0. The summed E-state index contributed by atoms with van der Waals surface area (Å²) in [5.41, 5.74) is 9.37. The molecule has 2 heterocycles. The monoisotopic (exact) mass is 471 g/mol.